The van der Waals surface area contributed by atoms with E-state index < -0.39 is 0 Å². The molecule has 0 amide bonds. The molecule has 0 saturated carbocycles. The topological polar surface area (TPSA) is 0 Å². The Bertz CT molecular complexity index is 3770. The van der Waals surface area contributed by atoms with Gasteiger partial charge in [0.05, 0.1) is 0 Å². The first kappa shape index (κ1) is 39.0. The highest BCUT2D eigenvalue weighted by atomic mass is 14.2. The zero-order valence-corrected chi connectivity index (χ0v) is 36.4. The van der Waals surface area contributed by atoms with E-state index in [1.807, 2.05) is 0 Å². The lowest BCUT2D eigenvalue weighted by Gasteiger charge is -2.21. The summed E-state index contributed by atoms with van der Waals surface area (Å²) in [7, 11) is 0. The maximum atomic E-state index is 2.42. The van der Waals surface area contributed by atoms with Gasteiger partial charge in [-0.1, -0.05) is 261 Å². The van der Waals surface area contributed by atoms with Crippen LogP contribution >= 0.6 is 0 Å². The molecule has 0 nitrogen and oxygen atoms in total. The summed E-state index contributed by atoms with van der Waals surface area (Å²) in [5.74, 6) is 0. The highest BCUT2D eigenvalue weighted by Crippen LogP contribution is 2.48. The quantitative estimate of drug-likeness (QED) is 0.106. The number of hydrogen-bond donors (Lipinski definition) is 0. The second-order valence-electron chi connectivity index (χ2n) is 17.1. The van der Waals surface area contributed by atoms with E-state index in [2.05, 4.69) is 267 Å². The number of fused-ring (bicyclic) bond motifs is 4. The van der Waals surface area contributed by atoms with E-state index in [0.717, 1.165) is 11.1 Å². The molecule has 0 heterocycles. The van der Waals surface area contributed by atoms with Crippen LogP contribution in [0.1, 0.15) is 11.1 Å². The molecule has 0 fully saturated rings. The van der Waals surface area contributed by atoms with Gasteiger partial charge in [0.1, 0.15) is 0 Å². The minimum Gasteiger partial charge on any atom is -0.0622 e. The van der Waals surface area contributed by atoms with Crippen LogP contribution in [-0.4, -0.2) is 0 Å². The molecule has 12 rings (SSSR count). The Morgan fingerprint density at radius 2 is 0.545 bits per heavy atom. The third kappa shape index (κ3) is 6.79. The molecule has 0 aliphatic carbocycles. The molecule has 0 heteroatoms. The number of benzene rings is 12. The van der Waals surface area contributed by atoms with E-state index in [0.29, 0.717) is 0 Å². The van der Waals surface area contributed by atoms with Crippen molar-refractivity contribution in [2.24, 2.45) is 0 Å². The summed E-state index contributed by atoms with van der Waals surface area (Å²) < 4.78 is 0. The van der Waals surface area contributed by atoms with Crippen LogP contribution < -0.4 is 0 Å². The Balaban J connectivity index is 1.04. The third-order valence-electron chi connectivity index (χ3n) is 13.3. The van der Waals surface area contributed by atoms with Crippen molar-refractivity contribution < 1.29 is 0 Å². The number of hydrogen-bond acceptors (Lipinski definition) is 0. The molecule has 0 saturated heterocycles. The molecule has 66 heavy (non-hydrogen) atoms. The fraction of sp³-hybridized carbons (Fsp3) is 0. The normalized spacial score (nSPS) is 11.6. The van der Waals surface area contributed by atoms with Gasteiger partial charge in [-0.3, -0.25) is 0 Å². The van der Waals surface area contributed by atoms with E-state index in [1.54, 1.807) is 0 Å². The monoisotopic (exact) mass is 836 g/mol. The van der Waals surface area contributed by atoms with E-state index in [4.69, 9.17) is 0 Å². The molecule has 12 aromatic rings. The molecule has 0 spiro atoms. The van der Waals surface area contributed by atoms with Crippen LogP contribution in [0.3, 0.4) is 0 Å². The summed E-state index contributed by atoms with van der Waals surface area (Å²) in [5.41, 5.74) is 17.0. The Morgan fingerprint density at radius 3 is 1.08 bits per heavy atom. The largest absolute Gasteiger partial charge is 0.0622 e. The van der Waals surface area contributed by atoms with Crippen LogP contribution in [0.4, 0.5) is 0 Å². The van der Waals surface area contributed by atoms with Gasteiger partial charge in [-0.2, -0.15) is 0 Å². The van der Waals surface area contributed by atoms with Gasteiger partial charge < -0.3 is 0 Å². The van der Waals surface area contributed by atoms with Crippen molar-refractivity contribution in [3.63, 3.8) is 0 Å². The minimum atomic E-state index is 1.16. The fourth-order valence-electron chi connectivity index (χ4n) is 10.4. The van der Waals surface area contributed by atoms with Crippen molar-refractivity contribution in [3.05, 3.63) is 266 Å². The van der Waals surface area contributed by atoms with Crippen LogP contribution in [0.5, 0.6) is 0 Å². The molecular formula is C66H44. The summed E-state index contributed by atoms with van der Waals surface area (Å²) in [6.45, 7) is 0. The lowest BCUT2D eigenvalue weighted by Crippen LogP contribution is -1.94. The third-order valence-corrected chi connectivity index (χ3v) is 13.3. The SMILES string of the molecule is C(=Cc1ccccc1-c1cccc2c(-c3ccccc3)c3ccccc3c(-c3ccccc3)c12)c1ccccc1-c1ccc2c(-c3ccccc3)c3ccccc3c(-c3ccccc3)c2c1. The van der Waals surface area contributed by atoms with Gasteiger partial charge in [-0.15, -0.1) is 0 Å². The summed E-state index contributed by atoms with van der Waals surface area (Å²) >= 11 is 0. The maximum absolute atomic E-state index is 2.42. The van der Waals surface area contributed by atoms with Crippen molar-refractivity contribution in [2.75, 3.05) is 0 Å². The first-order chi connectivity index (χ1) is 32.8. The molecule has 0 N–H and O–H groups in total. The average molecular weight is 837 g/mol. The van der Waals surface area contributed by atoms with Gasteiger partial charge in [0, 0.05) is 0 Å². The fourth-order valence-corrected chi connectivity index (χ4v) is 10.4. The van der Waals surface area contributed by atoms with Gasteiger partial charge in [0.15, 0.2) is 0 Å². The lowest BCUT2D eigenvalue weighted by atomic mass is 9.82. The molecule has 0 radical (unpaired) electrons. The molecule has 0 aliphatic rings. The first-order valence-corrected chi connectivity index (χ1v) is 22.8. The van der Waals surface area contributed by atoms with Crippen LogP contribution in [0.2, 0.25) is 0 Å². The Kier molecular flexibility index (Phi) is 9.97. The van der Waals surface area contributed by atoms with Gasteiger partial charge in [0.2, 0.25) is 0 Å². The predicted molar refractivity (Wildman–Crippen MR) is 284 cm³/mol. The van der Waals surface area contributed by atoms with Crippen molar-refractivity contribution in [2.45, 2.75) is 0 Å². The molecule has 12 aromatic carbocycles. The van der Waals surface area contributed by atoms with Crippen molar-refractivity contribution in [3.8, 4) is 66.8 Å². The lowest BCUT2D eigenvalue weighted by molar-refractivity contribution is 1.60. The molecule has 0 unspecified atom stereocenters. The highest BCUT2D eigenvalue weighted by Gasteiger charge is 2.21. The second-order valence-corrected chi connectivity index (χ2v) is 17.1. The smallest absolute Gasteiger partial charge is 0.00139 e. The standard InChI is InChI=1S/C66H44/c1-5-24-47(25-6-1)62-55-34-17-18-35-56(55)64(49-28-9-3-10-29-49)61-44-51(42-43-59(61)62)52-32-15-13-22-45(52)40-41-46-23-14-16-33-53(46)54-38-21-39-60-63(48-26-7-2-8-27-48)57-36-19-20-37-58(57)65(66(54)60)50-30-11-4-12-31-50/h1-44H. The zero-order valence-electron chi connectivity index (χ0n) is 36.4. The van der Waals surface area contributed by atoms with E-state index in [9.17, 15) is 0 Å². The van der Waals surface area contributed by atoms with Gasteiger partial charge >= 0.3 is 0 Å². The van der Waals surface area contributed by atoms with E-state index >= 15 is 0 Å². The summed E-state index contributed by atoms with van der Waals surface area (Å²) in [5, 5.41) is 10.0. The van der Waals surface area contributed by atoms with E-state index in [-0.39, 0.29) is 0 Å². The van der Waals surface area contributed by atoms with Gasteiger partial charge in [-0.25, -0.2) is 0 Å². The Morgan fingerprint density at radius 1 is 0.197 bits per heavy atom. The number of rotatable bonds is 8. The van der Waals surface area contributed by atoms with Crippen molar-refractivity contribution in [1.29, 1.82) is 0 Å². The van der Waals surface area contributed by atoms with Crippen LogP contribution in [0, 0.1) is 0 Å². The average Bonchev–Trinajstić information content (AvgIpc) is 3.39. The molecule has 0 atom stereocenters. The first-order valence-electron chi connectivity index (χ1n) is 22.8. The van der Waals surface area contributed by atoms with Crippen LogP contribution in [0.25, 0.3) is 122 Å². The highest BCUT2D eigenvalue weighted by molar-refractivity contribution is 6.25. The van der Waals surface area contributed by atoms with Crippen LogP contribution in [0.15, 0.2) is 255 Å². The maximum Gasteiger partial charge on any atom is -0.00139 e. The molecule has 0 aliphatic heterocycles. The summed E-state index contributed by atoms with van der Waals surface area (Å²) in [6, 6.07) is 93.0. The summed E-state index contributed by atoms with van der Waals surface area (Å²) in [6.07, 6.45) is 4.62. The van der Waals surface area contributed by atoms with Crippen molar-refractivity contribution >= 4 is 55.2 Å². The second kappa shape index (κ2) is 16.8. The van der Waals surface area contributed by atoms with Gasteiger partial charge in [0.25, 0.3) is 0 Å². The summed E-state index contributed by atoms with van der Waals surface area (Å²) in [4.78, 5) is 0. The van der Waals surface area contributed by atoms with Crippen LogP contribution in [-0.2, 0) is 0 Å². The predicted octanol–water partition coefficient (Wildman–Crippen LogP) is 18.5. The minimum absolute atomic E-state index is 1.16. The Labute approximate surface area is 386 Å². The Hall–Kier alpha value is -8.58. The molecule has 308 valence electrons. The molecule has 0 bridgehead atoms. The molecule has 0 aromatic heterocycles. The van der Waals surface area contributed by atoms with Gasteiger partial charge in [-0.05, 0) is 127 Å². The van der Waals surface area contributed by atoms with E-state index in [1.165, 1.54) is 110 Å². The zero-order chi connectivity index (χ0) is 43.8. The van der Waals surface area contributed by atoms with Crippen molar-refractivity contribution in [1.82, 2.24) is 0 Å². The molecular weight excluding hydrogens is 793 g/mol.